The van der Waals surface area contributed by atoms with E-state index in [2.05, 4.69) is 5.32 Å². The Morgan fingerprint density at radius 2 is 1.78 bits per heavy atom. The first-order valence-corrected chi connectivity index (χ1v) is 6.72. The van der Waals surface area contributed by atoms with Crippen molar-refractivity contribution in [2.45, 2.75) is 37.8 Å². The van der Waals surface area contributed by atoms with Crippen molar-refractivity contribution in [3.05, 3.63) is 35.9 Å². The molecule has 0 saturated heterocycles. The van der Waals surface area contributed by atoms with Gasteiger partial charge in [0, 0.05) is 24.7 Å². The molecule has 0 unspecified atom stereocenters. The molecule has 3 nitrogen and oxygen atoms in total. The van der Waals surface area contributed by atoms with E-state index in [1.165, 1.54) is 0 Å². The summed E-state index contributed by atoms with van der Waals surface area (Å²) in [5, 5.41) is 3.32. The van der Waals surface area contributed by atoms with E-state index in [0.717, 1.165) is 31.2 Å². The molecule has 1 fully saturated rings. The molecule has 0 aliphatic heterocycles. The van der Waals surface area contributed by atoms with Crippen LogP contribution in [0.3, 0.4) is 0 Å². The third-order valence-electron chi connectivity index (χ3n) is 3.99. The Morgan fingerprint density at radius 3 is 2.33 bits per heavy atom. The molecule has 0 spiro atoms. The van der Waals surface area contributed by atoms with Crippen LogP contribution < -0.4 is 5.32 Å². The van der Waals surface area contributed by atoms with Crippen molar-refractivity contribution in [1.82, 2.24) is 10.2 Å². The highest BCUT2D eigenvalue weighted by molar-refractivity contribution is 5.94. The number of amides is 1. The fourth-order valence-corrected chi connectivity index (χ4v) is 2.70. The van der Waals surface area contributed by atoms with Crippen molar-refractivity contribution < 1.29 is 4.79 Å². The fourth-order valence-electron chi connectivity index (χ4n) is 2.70. The average Bonchev–Trinajstić information content (AvgIpc) is 2.47. The molecule has 0 atom stereocenters. The maximum atomic E-state index is 12.3. The maximum absolute atomic E-state index is 12.3. The van der Waals surface area contributed by atoms with Crippen LogP contribution in [0.25, 0.3) is 0 Å². The second-order valence-corrected chi connectivity index (χ2v) is 5.08. The number of rotatable bonds is 3. The van der Waals surface area contributed by atoms with Crippen LogP contribution >= 0.6 is 0 Å². The highest BCUT2D eigenvalue weighted by atomic mass is 16.2. The van der Waals surface area contributed by atoms with Gasteiger partial charge in [-0.25, -0.2) is 0 Å². The monoisotopic (exact) mass is 246 g/mol. The van der Waals surface area contributed by atoms with Gasteiger partial charge in [-0.15, -0.1) is 0 Å². The third-order valence-corrected chi connectivity index (χ3v) is 3.99. The number of carbonyl (C=O) groups is 1. The summed E-state index contributed by atoms with van der Waals surface area (Å²) in [6.07, 6.45) is 4.52. The van der Waals surface area contributed by atoms with Gasteiger partial charge in [-0.1, -0.05) is 18.2 Å². The summed E-state index contributed by atoms with van der Waals surface area (Å²) >= 11 is 0. The first-order valence-electron chi connectivity index (χ1n) is 6.72. The summed E-state index contributed by atoms with van der Waals surface area (Å²) in [5.41, 5.74) is 0.788. The minimum Gasteiger partial charge on any atom is -0.339 e. The summed E-state index contributed by atoms with van der Waals surface area (Å²) in [6, 6.07) is 10.6. The lowest BCUT2D eigenvalue weighted by Gasteiger charge is -2.34. The second kappa shape index (κ2) is 6.01. The molecule has 1 aromatic carbocycles. The summed E-state index contributed by atoms with van der Waals surface area (Å²) < 4.78 is 0. The SMILES string of the molecule is CNC1CCC(N(C)C(=O)c2ccccc2)CC1. The van der Waals surface area contributed by atoms with Gasteiger partial charge in [-0.05, 0) is 44.9 Å². The predicted molar refractivity (Wildman–Crippen MR) is 73.6 cm³/mol. The van der Waals surface area contributed by atoms with Crippen molar-refractivity contribution in [3.63, 3.8) is 0 Å². The average molecular weight is 246 g/mol. The van der Waals surface area contributed by atoms with Crippen LogP contribution in [0.5, 0.6) is 0 Å². The molecule has 1 aliphatic carbocycles. The van der Waals surface area contributed by atoms with Crippen LogP contribution in [0.4, 0.5) is 0 Å². The van der Waals surface area contributed by atoms with E-state index in [0.29, 0.717) is 12.1 Å². The van der Waals surface area contributed by atoms with Crippen LogP contribution in [0.2, 0.25) is 0 Å². The first kappa shape index (κ1) is 13.1. The lowest BCUT2D eigenvalue weighted by Crippen LogP contribution is -2.42. The molecule has 3 heteroatoms. The number of carbonyl (C=O) groups excluding carboxylic acids is 1. The normalized spacial score (nSPS) is 23.7. The van der Waals surface area contributed by atoms with E-state index >= 15 is 0 Å². The van der Waals surface area contributed by atoms with Gasteiger partial charge in [0.2, 0.25) is 0 Å². The van der Waals surface area contributed by atoms with Gasteiger partial charge in [0.1, 0.15) is 0 Å². The Hall–Kier alpha value is -1.35. The van der Waals surface area contributed by atoms with Gasteiger partial charge in [0.25, 0.3) is 5.91 Å². The predicted octanol–water partition coefficient (Wildman–Crippen LogP) is 2.29. The van der Waals surface area contributed by atoms with Crippen LogP contribution in [0.1, 0.15) is 36.0 Å². The Kier molecular flexibility index (Phi) is 4.37. The molecular weight excluding hydrogens is 224 g/mol. The zero-order chi connectivity index (χ0) is 13.0. The smallest absolute Gasteiger partial charge is 0.253 e. The van der Waals surface area contributed by atoms with Crippen LogP contribution in [0, 0.1) is 0 Å². The maximum Gasteiger partial charge on any atom is 0.253 e. The van der Waals surface area contributed by atoms with Crippen molar-refractivity contribution in [3.8, 4) is 0 Å². The van der Waals surface area contributed by atoms with Gasteiger partial charge in [-0.3, -0.25) is 4.79 Å². The molecule has 1 saturated carbocycles. The summed E-state index contributed by atoms with van der Waals surface area (Å²) in [4.78, 5) is 14.2. The van der Waals surface area contributed by atoms with E-state index in [1.54, 1.807) is 0 Å². The zero-order valence-corrected chi connectivity index (χ0v) is 11.2. The molecule has 1 N–H and O–H groups in total. The molecule has 0 radical (unpaired) electrons. The lowest BCUT2D eigenvalue weighted by atomic mass is 9.90. The molecule has 0 bridgehead atoms. The summed E-state index contributed by atoms with van der Waals surface area (Å²) in [6.45, 7) is 0. The van der Waals surface area contributed by atoms with Crippen LogP contribution in [-0.2, 0) is 0 Å². The van der Waals surface area contributed by atoms with Crippen molar-refractivity contribution in [1.29, 1.82) is 0 Å². The number of nitrogens with one attached hydrogen (secondary N) is 1. The van der Waals surface area contributed by atoms with E-state index in [9.17, 15) is 4.79 Å². The quantitative estimate of drug-likeness (QED) is 0.887. The van der Waals surface area contributed by atoms with Crippen LogP contribution in [0.15, 0.2) is 30.3 Å². The zero-order valence-electron chi connectivity index (χ0n) is 11.2. The van der Waals surface area contributed by atoms with Gasteiger partial charge < -0.3 is 10.2 Å². The van der Waals surface area contributed by atoms with Gasteiger partial charge >= 0.3 is 0 Å². The van der Waals surface area contributed by atoms with E-state index in [4.69, 9.17) is 0 Å². The Balaban J connectivity index is 1.96. The minimum absolute atomic E-state index is 0.142. The van der Waals surface area contributed by atoms with Crippen molar-refractivity contribution in [2.75, 3.05) is 14.1 Å². The fraction of sp³-hybridized carbons (Fsp3) is 0.533. The Morgan fingerprint density at radius 1 is 1.17 bits per heavy atom. The van der Waals surface area contributed by atoms with Crippen molar-refractivity contribution in [2.24, 2.45) is 0 Å². The molecular formula is C15H22N2O. The highest BCUT2D eigenvalue weighted by Gasteiger charge is 2.26. The number of nitrogens with zero attached hydrogens (tertiary/aromatic N) is 1. The van der Waals surface area contributed by atoms with E-state index < -0.39 is 0 Å². The minimum atomic E-state index is 0.142. The summed E-state index contributed by atoms with van der Waals surface area (Å²) in [5.74, 6) is 0.142. The molecule has 1 aliphatic rings. The molecule has 0 aromatic heterocycles. The van der Waals surface area contributed by atoms with Gasteiger partial charge in [0.05, 0.1) is 0 Å². The first-order chi connectivity index (χ1) is 8.72. The molecule has 1 aromatic rings. The van der Waals surface area contributed by atoms with Gasteiger partial charge in [0.15, 0.2) is 0 Å². The van der Waals surface area contributed by atoms with E-state index in [1.807, 2.05) is 49.3 Å². The van der Waals surface area contributed by atoms with Gasteiger partial charge in [-0.2, -0.15) is 0 Å². The third kappa shape index (κ3) is 2.91. The van der Waals surface area contributed by atoms with Crippen LogP contribution in [-0.4, -0.2) is 37.0 Å². The highest BCUT2D eigenvalue weighted by Crippen LogP contribution is 2.23. The number of hydrogen-bond donors (Lipinski definition) is 1. The Labute approximate surface area is 109 Å². The topological polar surface area (TPSA) is 32.3 Å². The number of hydrogen-bond acceptors (Lipinski definition) is 2. The molecule has 1 amide bonds. The number of benzene rings is 1. The lowest BCUT2D eigenvalue weighted by molar-refractivity contribution is 0.0685. The standard InChI is InChI=1S/C15H22N2O/c1-16-13-8-10-14(11-9-13)17(2)15(18)12-6-4-3-5-7-12/h3-7,13-14,16H,8-11H2,1-2H3. The molecule has 2 rings (SSSR count). The van der Waals surface area contributed by atoms with Crippen molar-refractivity contribution >= 4 is 5.91 Å². The molecule has 18 heavy (non-hydrogen) atoms. The molecule has 98 valence electrons. The second-order valence-electron chi connectivity index (χ2n) is 5.08. The Bertz CT molecular complexity index is 383. The molecule has 0 heterocycles. The summed E-state index contributed by atoms with van der Waals surface area (Å²) in [7, 11) is 3.95. The van der Waals surface area contributed by atoms with E-state index in [-0.39, 0.29) is 5.91 Å². The largest absolute Gasteiger partial charge is 0.339 e.